The molecule has 8 rings (SSSR count). The fourth-order valence-corrected chi connectivity index (χ4v) is 16.5. The van der Waals surface area contributed by atoms with Crippen molar-refractivity contribution in [1.82, 2.24) is 0 Å². The molecule has 85 heavy (non-hydrogen) atoms. The first-order chi connectivity index (χ1) is 40.8. The van der Waals surface area contributed by atoms with Gasteiger partial charge in [0.1, 0.15) is 0 Å². The summed E-state index contributed by atoms with van der Waals surface area (Å²) in [4.78, 5) is 0. The van der Waals surface area contributed by atoms with E-state index in [1.54, 1.807) is 22.1 Å². The van der Waals surface area contributed by atoms with Crippen LogP contribution in [0.1, 0.15) is 259 Å². The number of fused-ring (bicyclic) bond motifs is 4. The maximum Gasteiger partial charge on any atom is 0.0133 e. The van der Waals surface area contributed by atoms with Gasteiger partial charge in [0.25, 0.3) is 0 Å². The Hall–Kier alpha value is -5.20. The molecule has 3 unspecified atom stereocenters. The van der Waals surface area contributed by atoms with Crippen molar-refractivity contribution >= 4 is 16.3 Å². The zero-order valence-corrected chi connectivity index (χ0v) is 55.3. The fourth-order valence-electron chi connectivity index (χ4n) is 16.5. The summed E-state index contributed by atoms with van der Waals surface area (Å²) >= 11 is 0. The van der Waals surface area contributed by atoms with Gasteiger partial charge in [-0.05, 0) is 251 Å². The Morgan fingerprint density at radius 1 is 0.624 bits per heavy atom. The van der Waals surface area contributed by atoms with Crippen LogP contribution in [0, 0.1) is 42.9 Å². The first-order valence-electron chi connectivity index (χ1n) is 34.6. The molecule has 6 atom stereocenters. The van der Waals surface area contributed by atoms with Crippen molar-refractivity contribution in [2.24, 2.45) is 29.1 Å². The van der Waals surface area contributed by atoms with Crippen LogP contribution in [0.4, 0.5) is 0 Å². The van der Waals surface area contributed by atoms with Crippen LogP contribution in [-0.4, -0.2) is 0 Å². The minimum atomic E-state index is 0.0104. The summed E-state index contributed by atoms with van der Waals surface area (Å²) < 4.78 is 0. The number of benzene rings is 3. The molecule has 0 aliphatic heterocycles. The monoisotopic (exact) mass is 1140 g/mol. The lowest BCUT2D eigenvalue weighted by Crippen LogP contribution is -2.29. The molecule has 0 N–H and O–H groups in total. The van der Waals surface area contributed by atoms with E-state index in [2.05, 4.69) is 136 Å². The largest absolute Gasteiger partial charge is 0.0999 e. The molecule has 0 saturated heterocycles. The molecule has 5 aliphatic rings. The highest BCUT2D eigenvalue weighted by Gasteiger charge is 2.46. The third-order valence-electron chi connectivity index (χ3n) is 22.5. The average Bonchev–Trinajstić information content (AvgIpc) is 1.61. The second-order valence-electron chi connectivity index (χ2n) is 28.9. The Bertz CT molecular complexity index is 3090. The number of hydrogen-bond acceptors (Lipinski definition) is 0. The normalized spacial score (nSPS) is 21.8. The van der Waals surface area contributed by atoms with Crippen LogP contribution >= 0.6 is 0 Å². The minimum absolute atomic E-state index is 0.0104. The van der Waals surface area contributed by atoms with Crippen LogP contribution < -0.4 is 0 Å². The van der Waals surface area contributed by atoms with Crippen LogP contribution in [0.5, 0.6) is 0 Å². The van der Waals surface area contributed by atoms with E-state index < -0.39 is 0 Å². The van der Waals surface area contributed by atoms with Crippen molar-refractivity contribution in [3.8, 4) is 0 Å². The summed E-state index contributed by atoms with van der Waals surface area (Å²) in [6, 6.07) is 16.1. The number of rotatable bonds is 37. The molecule has 0 aromatic heterocycles. The molecule has 0 amide bonds. The molecule has 0 nitrogen and oxygen atoms in total. The molecule has 5 aliphatic carbocycles. The molecule has 1 fully saturated rings. The maximum atomic E-state index is 4.89. The van der Waals surface area contributed by atoms with Crippen molar-refractivity contribution in [1.29, 1.82) is 0 Å². The Balaban J connectivity index is 0.721. The maximum absolute atomic E-state index is 4.89. The molecule has 0 heteroatoms. The van der Waals surface area contributed by atoms with Crippen LogP contribution in [0.25, 0.3) is 16.3 Å². The van der Waals surface area contributed by atoms with Gasteiger partial charge in [0, 0.05) is 22.7 Å². The quantitative estimate of drug-likeness (QED) is 0.0399. The van der Waals surface area contributed by atoms with Gasteiger partial charge in [-0.25, -0.2) is 0 Å². The lowest BCUT2D eigenvalue weighted by Gasteiger charge is -2.42. The molecule has 0 heterocycles. The second kappa shape index (κ2) is 30.1. The number of allylic oxidation sites excluding steroid dienone is 14. The van der Waals surface area contributed by atoms with Gasteiger partial charge in [0.05, 0.1) is 0 Å². The van der Waals surface area contributed by atoms with Crippen molar-refractivity contribution in [2.75, 3.05) is 0 Å². The van der Waals surface area contributed by atoms with Gasteiger partial charge in [-0.15, -0.1) is 0 Å². The number of unbranched alkanes of at least 4 members (excludes halogenated alkanes) is 11. The Kier molecular flexibility index (Phi) is 23.3. The Labute approximate surface area is 521 Å². The average molecular weight is 1140 g/mol. The van der Waals surface area contributed by atoms with E-state index in [1.807, 2.05) is 0 Å². The minimum Gasteiger partial charge on any atom is -0.0999 e. The smallest absolute Gasteiger partial charge is 0.0133 e. The molecular formula is C85H116. The highest BCUT2D eigenvalue weighted by atomic mass is 14.5. The van der Waals surface area contributed by atoms with Crippen LogP contribution in [0.3, 0.4) is 0 Å². The van der Waals surface area contributed by atoms with Gasteiger partial charge in [-0.1, -0.05) is 250 Å². The van der Waals surface area contributed by atoms with Crippen LogP contribution in [-0.2, 0) is 24.7 Å². The molecule has 456 valence electrons. The van der Waals surface area contributed by atoms with Crippen LogP contribution in [0.15, 0.2) is 181 Å². The zero-order chi connectivity index (χ0) is 61.0. The van der Waals surface area contributed by atoms with Crippen molar-refractivity contribution in [2.45, 2.75) is 259 Å². The summed E-state index contributed by atoms with van der Waals surface area (Å²) in [5.41, 5.74) is 28.9. The van der Waals surface area contributed by atoms with Crippen molar-refractivity contribution in [3.05, 3.63) is 220 Å². The Morgan fingerprint density at radius 2 is 1.20 bits per heavy atom. The van der Waals surface area contributed by atoms with Gasteiger partial charge in [0.2, 0.25) is 0 Å². The molecule has 0 radical (unpaired) electrons. The van der Waals surface area contributed by atoms with Gasteiger partial charge < -0.3 is 0 Å². The van der Waals surface area contributed by atoms with Gasteiger partial charge in [-0.2, -0.15) is 0 Å². The summed E-state index contributed by atoms with van der Waals surface area (Å²) in [6.45, 7) is 60.5. The molecular weight excluding hydrogens is 1020 g/mol. The zero-order valence-electron chi connectivity index (χ0n) is 55.3. The van der Waals surface area contributed by atoms with Crippen molar-refractivity contribution < 1.29 is 0 Å². The lowest BCUT2D eigenvalue weighted by atomic mass is 9.62. The lowest BCUT2D eigenvalue weighted by molar-refractivity contribution is 0.430. The molecule has 1 saturated carbocycles. The highest BCUT2D eigenvalue weighted by molar-refractivity contribution is 6.00. The number of aryl methyl sites for hydroxylation is 1. The van der Waals surface area contributed by atoms with Gasteiger partial charge >= 0.3 is 0 Å². The van der Waals surface area contributed by atoms with E-state index in [1.165, 1.54) is 190 Å². The summed E-state index contributed by atoms with van der Waals surface area (Å²) in [6.07, 6.45) is 41.5. The SMILES string of the molecule is C=C(CCCCCCCCCCCCCC1C(=C)CC(CC)C1=C)CCC(=C)CCC(=C)C[C@@H](Cc1ccccc1)C(=C)CCC(=C)CCCCC(=C)C[C@@]1(C)Cc2c(C)c(C)cc3cc4c(c1c23)CC1C(=C)C2=C(C=C41)[C@@](C)(CC)C(=C)CC2. The molecule has 0 spiro atoms. The third-order valence-corrected chi connectivity index (χ3v) is 22.5. The standard InChI is InChI=1S/C85H116/c1-17-71-51-65(10)74(68(71)13)40-32-27-25-23-21-19-20-22-24-26-29-35-58(3)41-42-60(5)43-44-61(6)49-72(52-70-38-30-28-31-39-70)63(8)46-45-59(4)36-33-34-37-62(7)56-84(15)57-80-67(12)64(9)50-73-53-77-78-55-81-75(48-47-66(11)85(81,16)18-2)69(14)76(78)54-79(77)83(84)82(73)80/h28,30-31,38-39,50,53,55,71-72,74,76H,3-8,10-11,13-14,17-27,29,32-37,40-49,51-52,54,56-57H2,1-2,9,12,15-16H3/t71?,72-,74?,76?,84-,85-/m0/s1. The molecule has 3 aromatic rings. The summed E-state index contributed by atoms with van der Waals surface area (Å²) in [5.74, 6) is 2.04. The molecule has 3 aromatic carbocycles. The Morgan fingerprint density at radius 3 is 1.82 bits per heavy atom. The van der Waals surface area contributed by atoms with Gasteiger partial charge in [-0.3, -0.25) is 0 Å². The van der Waals surface area contributed by atoms with E-state index in [4.69, 9.17) is 19.7 Å². The second-order valence-corrected chi connectivity index (χ2v) is 28.9. The first kappa shape index (κ1) is 65.8. The predicted octanol–water partition coefficient (Wildman–Crippen LogP) is 25.6. The summed E-state index contributed by atoms with van der Waals surface area (Å²) in [5, 5.41) is 2.97. The first-order valence-corrected chi connectivity index (χ1v) is 34.6. The van der Waals surface area contributed by atoms with E-state index in [9.17, 15) is 0 Å². The van der Waals surface area contributed by atoms with E-state index in [0.29, 0.717) is 23.7 Å². The van der Waals surface area contributed by atoms with E-state index in [-0.39, 0.29) is 10.8 Å². The highest BCUT2D eigenvalue weighted by Crippen LogP contribution is 2.60. The fraction of sp³-hybridized carbons (Fsp3) is 0.529. The summed E-state index contributed by atoms with van der Waals surface area (Å²) in [7, 11) is 0. The van der Waals surface area contributed by atoms with Gasteiger partial charge in [0.15, 0.2) is 0 Å². The predicted molar refractivity (Wildman–Crippen MR) is 377 cm³/mol. The molecule has 0 bridgehead atoms. The van der Waals surface area contributed by atoms with E-state index in [0.717, 1.165) is 122 Å². The van der Waals surface area contributed by atoms with Crippen LogP contribution in [0.2, 0.25) is 0 Å². The third kappa shape index (κ3) is 15.9. The van der Waals surface area contributed by atoms with E-state index >= 15 is 0 Å². The topological polar surface area (TPSA) is 0 Å². The number of hydrogen-bond donors (Lipinski definition) is 0. The van der Waals surface area contributed by atoms with Crippen molar-refractivity contribution in [3.63, 3.8) is 0 Å².